The summed E-state index contributed by atoms with van der Waals surface area (Å²) in [6.07, 6.45) is 3.18. The lowest BCUT2D eigenvalue weighted by Crippen LogP contribution is -2.49. The Morgan fingerprint density at radius 3 is 2.33 bits per heavy atom. The zero-order chi connectivity index (χ0) is 22.0. The molecule has 2 saturated heterocycles. The van der Waals surface area contributed by atoms with Gasteiger partial charge in [-0.1, -0.05) is 30.3 Å². The molecule has 6 nitrogen and oxygen atoms in total. The van der Waals surface area contributed by atoms with Crippen LogP contribution in [-0.2, 0) is 26.1 Å². The van der Waals surface area contributed by atoms with Crippen LogP contribution in [0.4, 0.5) is 0 Å². The van der Waals surface area contributed by atoms with Crippen molar-refractivity contribution < 1.29 is 17.9 Å². The summed E-state index contributed by atoms with van der Waals surface area (Å²) < 4.78 is 32.8. The molecule has 3 rings (SSSR count). The molecule has 0 bridgehead atoms. The maximum Gasteiger partial charge on any atom is 0.223 e. The fourth-order valence-corrected chi connectivity index (χ4v) is 6.40. The number of hydrogen-bond donors (Lipinski definition) is 0. The van der Waals surface area contributed by atoms with Gasteiger partial charge in [0.15, 0.2) is 0 Å². The van der Waals surface area contributed by atoms with E-state index in [1.54, 1.807) is 4.31 Å². The van der Waals surface area contributed by atoms with Gasteiger partial charge in [0, 0.05) is 26.1 Å². The summed E-state index contributed by atoms with van der Waals surface area (Å²) in [6, 6.07) is 9.89. The summed E-state index contributed by atoms with van der Waals surface area (Å²) in [5.74, 6) is 0.0309. The third-order valence-corrected chi connectivity index (χ3v) is 8.13. The van der Waals surface area contributed by atoms with Crippen LogP contribution in [0.3, 0.4) is 0 Å². The summed E-state index contributed by atoms with van der Waals surface area (Å²) in [5.41, 5.74) is 0.300. The lowest BCUT2D eigenvalue weighted by molar-refractivity contribution is -0.139. The van der Waals surface area contributed by atoms with Gasteiger partial charge in [-0.15, -0.1) is 0 Å². The molecule has 2 fully saturated rings. The van der Waals surface area contributed by atoms with E-state index in [0.29, 0.717) is 26.1 Å². The van der Waals surface area contributed by atoms with E-state index in [2.05, 4.69) is 13.8 Å². The molecule has 2 aliphatic rings. The van der Waals surface area contributed by atoms with Gasteiger partial charge in [-0.25, -0.2) is 12.7 Å². The Kier molecular flexibility index (Phi) is 6.94. The second-order valence-electron chi connectivity index (χ2n) is 9.72. The van der Waals surface area contributed by atoms with E-state index >= 15 is 0 Å². The average Bonchev–Trinajstić information content (AvgIpc) is 3.26. The number of hydrogen-bond acceptors (Lipinski definition) is 4. The zero-order valence-electron chi connectivity index (χ0n) is 18.8. The first-order chi connectivity index (χ1) is 14.0. The first-order valence-electron chi connectivity index (χ1n) is 11.0. The van der Waals surface area contributed by atoms with Crippen LogP contribution in [0.15, 0.2) is 30.3 Å². The number of rotatable bonds is 8. The van der Waals surface area contributed by atoms with E-state index in [1.807, 2.05) is 49.1 Å². The summed E-state index contributed by atoms with van der Waals surface area (Å²) in [4.78, 5) is 15.2. The van der Waals surface area contributed by atoms with E-state index in [4.69, 9.17) is 4.74 Å². The SMILES string of the molecule is CC1(C)C[C@@H](N(Cc2ccccc2)C(=O)CCCS(=O)(=O)N2CCCC2)C(C)(C)O1. The van der Waals surface area contributed by atoms with Crippen LogP contribution in [0, 0.1) is 0 Å². The van der Waals surface area contributed by atoms with Crippen molar-refractivity contribution >= 4 is 15.9 Å². The van der Waals surface area contributed by atoms with Crippen molar-refractivity contribution in [2.24, 2.45) is 0 Å². The fraction of sp³-hybridized carbons (Fsp3) is 0.696. The highest BCUT2D eigenvalue weighted by Crippen LogP contribution is 2.41. The van der Waals surface area contributed by atoms with Crippen molar-refractivity contribution in [3.63, 3.8) is 0 Å². The molecular weight excluding hydrogens is 400 g/mol. The first kappa shape index (κ1) is 23.2. The minimum atomic E-state index is -3.26. The topological polar surface area (TPSA) is 66.9 Å². The molecule has 0 N–H and O–H groups in total. The molecule has 1 amide bonds. The summed E-state index contributed by atoms with van der Waals surface area (Å²) in [5, 5.41) is 0. The molecule has 0 aromatic heterocycles. The predicted molar refractivity (Wildman–Crippen MR) is 118 cm³/mol. The Morgan fingerprint density at radius 2 is 1.77 bits per heavy atom. The van der Waals surface area contributed by atoms with Gasteiger partial charge in [-0.3, -0.25) is 4.79 Å². The molecule has 0 aliphatic carbocycles. The lowest BCUT2D eigenvalue weighted by atomic mass is 9.92. The largest absolute Gasteiger partial charge is 0.367 e. The van der Waals surface area contributed by atoms with E-state index in [-0.39, 0.29) is 29.7 Å². The molecule has 1 aromatic carbocycles. The van der Waals surface area contributed by atoms with Crippen LogP contribution < -0.4 is 0 Å². The summed E-state index contributed by atoms with van der Waals surface area (Å²) in [6.45, 7) is 9.92. The minimum Gasteiger partial charge on any atom is -0.367 e. The maximum atomic E-state index is 13.3. The normalized spacial score (nSPS) is 23.5. The van der Waals surface area contributed by atoms with Gasteiger partial charge in [0.25, 0.3) is 0 Å². The van der Waals surface area contributed by atoms with Crippen molar-refractivity contribution in [2.45, 2.75) is 83.6 Å². The number of benzene rings is 1. The highest BCUT2D eigenvalue weighted by atomic mass is 32.2. The molecule has 1 atom stereocenters. The van der Waals surface area contributed by atoms with Crippen molar-refractivity contribution in [2.75, 3.05) is 18.8 Å². The monoisotopic (exact) mass is 436 g/mol. The number of amides is 1. The number of nitrogens with zero attached hydrogens (tertiary/aromatic N) is 2. The predicted octanol–water partition coefficient (Wildman–Crippen LogP) is 3.57. The molecule has 2 aliphatic heterocycles. The second kappa shape index (κ2) is 8.97. The van der Waals surface area contributed by atoms with Crippen LogP contribution in [0.5, 0.6) is 0 Å². The summed E-state index contributed by atoms with van der Waals surface area (Å²) >= 11 is 0. The summed E-state index contributed by atoms with van der Waals surface area (Å²) in [7, 11) is -3.26. The number of ether oxygens (including phenoxy) is 1. The molecule has 1 aromatic rings. The Labute approximate surface area is 181 Å². The standard InChI is InChI=1S/C23H36N2O4S/c1-22(2)17-20(23(3,4)29-22)25(18-19-11-6-5-7-12-19)21(26)13-10-16-30(27,28)24-14-8-9-15-24/h5-7,11-12,20H,8-10,13-18H2,1-4H3/t20-/m1/s1. The van der Waals surface area contributed by atoms with Crippen molar-refractivity contribution in [1.29, 1.82) is 0 Å². The van der Waals surface area contributed by atoms with Crippen LogP contribution in [0.25, 0.3) is 0 Å². The molecule has 30 heavy (non-hydrogen) atoms. The van der Waals surface area contributed by atoms with E-state index in [1.165, 1.54) is 0 Å². The van der Waals surface area contributed by atoms with Crippen LogP contribution in [-0.4, -0.2) is 59.6 Å². The van der Waals surface area contributed by atoms with Gasteiger partial charge in [0.2, 0.25) is 15.9 Å². The van der Waals surface area contributed by atoms with Crippen LogP contribution in [0.1, 0.15) is 65.4 Å². The van der Waals surface area contributed by atoms with Gasteiger partial charge >= 0.3 is 0 Å². The highest BCUT2D eigenvalue weighted by molar-refractivity contribution is 7.89. The van der Waals surface area contributed by atoms with Gasteiger partial charge < -0.3 is 9.64 Å². The van der Waals surface area contributed by atoms with Crippen molar-refractivity contribution in [1.82, 2.24) is 9.21 Å². The molecule has 0 radical (unpaired) electrons. The molecule has 2 heterocycles. The lowest BCUT2D eigenvalue weighted by Gasteiger charge is -2.36. The molecule has 0 unspecified atom stereocenters. The molecular formula is C23H36N2O4S. The molecule has 168 valence electrons. The van der Waals surface area contributed by atoms with Crippen molar-refractivity contribution in [3.05, 3.63) is 35.9 Å². The number of sulfonamides is 1. The Bertz CT molecular complexity index is 830. The number of carbonyl (C=O) groups excluding carboxylic acids is 1. The Hall–Kier alpha value is -1.44. The maximum absolute atomic E-state index is 13.3. The van der Waals surface area contributed by atoms with Crippen LogP contribution in [0.2, 0.25) is 0 Å². The quantitative estimate of drug-likeness (QED) is 0.625. The van der Waals surface area contributed by atoms with Gasteiger partial charge in [0.05, 0.1) is 23.0 Å². The van der Waals surface area contributed by atoms with Crippen LogP contribution >= 0.6 is 0 Å². The molecule has 7 heteroatoms. The van der Waals surface area contributed by atoms with E-state index in [0.717, 1.165) is 24.8 Å². The highest BCUT2D eigenvalue weighted by Gasteiger charge is 2.49. The minimum absolute atomic E-state index is 0.00477. The van der Waals surface area contributed by atoms with E-state index in [9.17, 15) is 13.2 Å². The zero-order valence-corrected chi connectivity index (χ0v) is 19.6. The van der Waals surface area contributed by atoms with E-state index < -0.39 is 15.6 Å². The van der Waals surface area contributed by atoms with Gasteiger partial charge in [-0.05, 0) is 58.9 Å². The molecule has 0 spiro atoms. The molecule has 0 saturated carbocycles. The fourth-order valence-electron chi connectivity index (χ4n) is 4.82. The Balaban J connectivity index is 1.70. The van der Waals surface area contributed by atoms with Gasteiger partial charge in [-0.2, -0.15) is 0 Å². The number of carbonyl (C=O) groups is 1. The first-order valence-corrected chi connectivity index (χ1v) is 12.6. The third-order valence-electron chi connectivity index (χ3n) is 6.17. The van der Waals surface area contributed by atoms with Gasteiger partial charge in [0.1, 0.15) is 0 Å². The second-order valence-corrected chi connectivity index (χ2v) is 11.8. The third kappa shape index (κ3) is 5.62. The average molecular weight is 437 g/mol. The Morgan fingerprint density at radius 1 is 1.13 bits per heavy atom. The van der Waals surface area contributed by atoms with Crippen molar-refractivity contribution in [3.8, 4) is 0 Å². The smallest absolute Gasteiger partial charge is 0.223 e.